The molecule has 2 heterocycles. The van der Waals surface area contributed by atoms with Crippen molar-refractivity contribution in [1.29, 1.82) is 0 Å². The molecule has 4 rings (SSSR count). The van der Waals surface area contributed by atoms with Crippen LogP contribution in [0.3, 0.4) is 0 Å². The van der Waals surface area contributed by atoms with Gasteiger partial charge in [0, 0.05) is 29.2 Å². The number of carboxylic acid groups (broad SMARTS) is 1. The topological polar surface area (TPSA) is 112 Å². The molecule has 2 aromatic carbocycles. The number of hydrogen-bond donors (Lipinski definition) is 4. The molecule has 9 heteroatoms. The van der Waals surface area contributed by atoms with E-state index in [1.807, 2.05) is 59.2 Å². The molecule has 4 N–H and O–H groups in total. The summed E-state index contributed by atoms with van der Waals surface area (Å²) in [6.45, 7) is 5.27. The first-order chi connectivity index (χ1) is 16.8. The Labute approximate surface area is 208 Å². The molecule has 1 atom stereocenters. The summed E-state index contributed by atoms with van der Waals surface area (Å²) in [5, 5.41) is 23.4. The number of fused-ring (bicyclic) bond motifs is 1. The van der Waals surface area contributed by atoms with Crippen molar-refractivity contribution in [2.24, 2.45) is 0 Å². The molecule has 0 aliphatic carbocycles. The molecule has 1 unspecified atom stereocenters. The summed E-state index contributed by atoms with van der Waals surface area (Å²) in [6, 6.07) is 19.4. The zero-order valence-corrected chi connectivity index (χ0v) is 20.5. The Morgan fingerprint density at radius 3 is 2.69 bits per heavy atom. The van der Waals surface area contributed by atoms with Gasteiger partial charge in [-0.05, 0) is 68.1 Å². The summed E-state index contributed by atoms with van der Waals surface area (Å²) < 4.78 is 5.29. The van der Waals surface area contributed by atoms with Gasteiger partial charge in [-0.15, -0.1) is 0 Å². The average Bonchev–Trinajstić information content (AvgIpc) is 3.28. The lowest BCUT2D eigenvalue weighted by atomic mass is 9.99. The average molecular weight is 492 g/mol. The number of β-amino-alcohol motifs (C(OH)–C–C–N with tert-alkyl or cyclic N) is 1. The van der Waals surface area contributed by atoms with E-state index in [2.05, 4.69) is 33.9 Å². The third-order valence-corrected chi connectivity index (χ3v) is 6.63. The van der Waals surface area contributed by atoms with Crippen molar-refractivity contribution in [1.82, 2.24) is 19.9 Å². The van der Waals surface area contributed by atoms with Gasteiger partial charge >= 0.3 is 5.97 Å². The second-order valence-electron chi connectivity index (χ2n) is 8.97. The van der Waals surface area contributed by atoms with Crippen LogP contribution in [0.4, 0.5) is 5.69 Å². The fraction of sp³-hybridized carbons (Fsp3) is 0.269. The maximum atomic E-state index is 11.1. The largest absolute Gasteiger partial charge is 0.477 e. The Hall–Kier alpha value is -3.40. The molecule has 0 bridgehead atoms. The van der Waals surface area contributed by atoms with Gasteiger partial charge < -0.3 is 24.8 Å². The van der Waals surface area contributed by atoms with Gasteiger partial charge in [-0.3, -0.25) is 0 Å². The quantitative estimate of drug-likeness (QED) is 0.223. The third kappa shape index (κ3) is 6.60. The molecular formula is C26H29N5O3S. The Morgan fingerprint density at radius 2 is 1.91 bits per heavy atom. The summed E-state index contributed by atoms with van der Waals surface area (Å²) in [7, 11) is 0. The van der Waals surface area contributed by atoms with E-state index in [1.165, 1.54) is 18.0 Å². The third-order valence-electron chi connectivity index (χ3n) is 5.78. The molecule has 182 valence electrons. The number of aromatic nitrogens is 3. The summed E-state index contributed by atoms with van der Waals surface area (Å²) in [4.78, 5) is 20.5. The van der Waals surface area contributed by atoms with Crippen molar-refractivity contribution in [3.63, 3.8) is 0 Å². The van der Waals surface area contributed by atoms with Crippen LogP contribution in [-0.4, -0.2) is 42.8 Å². The molecule has 8 nitrogen and oxygen atoms in total. The van der Waals surface area contributed by atoms with Gasteiger partial charge in [0.1, 0.15) is 5.69 Å². The Bertz CT molecular complexity index is 1290. The molecule has 0 saturated carbocycles. The SMILES string of the molecule is CC(C)(CCn1cnc2cc(C(=O)O)ncc21)NCC(O)c1cccc(NSc2ccccc2)c1. The highest BCUT2D eigenvalue weighted by Crippen LogP contribution is 2.24. The number of nitrogens with one attached hydrogen (secondary N) is 2. The minimum Gasteiger partial charge on any atom is -0.477 e. The molecule has 0 radical (unpaired) electrons. The molecule has 0 saturated heterocycles. The number of carbonyl (C=O) groups is 1. The predicted molar refractivity (Wildman–Crippen MR) is 139 cm³/mol. The Morgan fingerprint density at radius 1 is 1.11 bits per heavy atom. The zero-order chi connectivity index (χ0) is 24.8. The van der Waals surface area contributed by atoms with Crippen molar-refractivity contribution in [3.8, 4) is 0 Å². The Balaban J connectivity index is 1.31. The van der Waals surface area contributed by atoms with Crippen LogP contribution in [0.25, 0.3) is 11.0 Å². The van der Waals surface area contributed by atoms with Crippen LogP contribution in [-0.2, 0) is 6.54 Å². The maximum absolute atomic E-state index is 11.1. The van der Waals surface area contributed by atoms with Gasteiger partial charge in [0.2, 0.25) is 0 Å². The number of aliphatic hydroxyl groups excluding tert-OH is 1. The van der Waals surface area contributed by atoms with E-state index in [9.17, 15) is 9.90 Å². The van der Waals surface area contributed by atoms with Crippen molar-refractivity contribution in [3.05, 3.63) is 84.4 Å². The molecule has 35 heavy (non-hydrogen) atoms. The first kappa shape index (κ1) is 24.7. The fourth-order valence-electron chi connectivity index (χ4n) is 3.65. The van der Waals surface area contributed by atoms with Gasteiger partial charge in [-0.2, -0.15) is 0 Å². The number of aromatic carboxylic acids is 1. The van der Waals surface area contributed by atoms with E-state index >= 15 is 0 Å². The number of hydrogen-bond acceptors (Lipinski definition) is 7. The number of imidazole rings is 1. The molecule has 0 aliphatic rings. The molecule has 2 aromatic heterocycles. The van der Waals surface area contributed by atoms with E-state index in [4.69, 9.17) is 5.11 Å². The molecule has 0 amide bonds. The summed E-state index contributed by atoms with van der Waals surface area (Å²) in [6.07, 6.45) is 3.38. The van der Waals surface area contributed by atoms with Gasteiger partial charge in [0.05, 0.1) is 29.7 Å². The number of nitrogens with zero attached hydrogens (tertiary/aromatic N) is 3. The number of rotatable bonds is 11. The second kappa shape index (κ2) is 10.9. The fourth-order valence-corrected chi connectivity index (χ4v) is 4.30. The maximum Gasteiger partial charge on any atom is 0.354 e. The minimum atomic E-state index is -1.07. The number of benzene rings is 2. The van der Waals surface area contributed by atoms with Gasteiger partial charge in [-0.25, -0.2) is 14.8 Å². The number of pyridine rings is 1. The normalized spacial score (nSPS) is 12.5. The predicted octanol–water partition coefficient (Wildman–Crippen LogP) is 4.74. The number of anilines is 1. The van der Waals surface area contributed by atoms with E-state index in [-0.39, 0.29) is 11.2 Å². The van der Waals surface area contributed by atoms with Crippen LogP contribution in [0.2, 0.25) is 0 Å². The van der Waals surface area contributed by atoms with Crippen LogP contribution in [0.5, 0.6) is 0 Å². The lowest BCUT2D eigenvalue weighted by molar-refractivity contribution is 0.0690. The van der Waals surface area contributed by atoms with E-state index < -0.39 is 12.1 Å². The highest BCUT2D eigenvalue weighted by atomic mass is 32.2. The summed E-state index contributed by atoms with van der Waals surface area (Å²) in [5.41, 5.74) is 2.91. The molecule has 0 spiro atoms. The summed E-state index contributed by atoms with van der Waals surface area (Å²) in [5.74, 6) is -1.07. The number of carboxylic acids is 1. The first-order valence-electron chi connectivity index (χ1n) is 11.4. The second-order valence-corrected chi connectivity index (χ2v) is 9.85. The standard InChI is InChI=1S/C26H29N5O3S/c1-26(2,11-12-31-17-28-21-14-22(25(33)34)27-15-23(21)31)29-16-24(32)18-7-6-8-19(13-18)30-35-20-9-4-3-5-10-20/h3-10,13-15,17,24,29-30,32H,11-12,16H2,1-2H3,(H,33,34). The van der Waals surface area contributed by atoms with E-state index in [1.54, 1.807) is 12.5 Å². The highest BCUT2D eigenvalue weighted by molar-refractivity contribution is 8.00. The lowest BCUT2D eigenvalue weighted by Gasteiger charge is -2.28. The molecular weight excluding hydrogens is 462 g/mol. The smallest absolute Gasteiger partial charge is 0.354 e. The molecule has 0 aliphatic heterocycles. The monoisotopic (exact) mass is 491 g/mol. The van der Waals surface area contributed by atoms with Crippen molar-refractivity contribution < 1.29 is 15.0 Å². The van der Waals surface area contributed by atoms with Gasteiger partial charge in [0.15, 0.2) is 0 Å². The molecule has 0 fully saturated rings. The van der Waals surface area contributed by atoms with Crippen molar-refractivity contribution >= 4 is 34.6 Å². The first-order valence-corrected chi connectivity index (χ1v) is 12.2. The van der Waals surface area contributed by atoms with Crippen LogP contribution in [0.1, 0.15) is 42.4 Å². The molecule has 4 aromatic rings. The van der Waals surface area contributed by atoms with Crippen LogP contribution >= 0.6 is 11.9 Å². The van der Waals surface area contributed by atoms with E-state index in [0.29, 0.717) is 18.6 Å². The Kier molecular flexibility index (Phi) is 7.70. The van der Waals surface area contributed by atoms with E-state index in [0.717, 1.165) is 28.1 Å². The minimum absolute atomic E-state index is 0.0170. The van der Waals surface area contributed by atoms with Gasteiger partial charge in [-0.1, -0.05) is 30.3 Å². The highest BCUT2D eigenvalue weighted by Gasteiger charge is 2.20. The van der Waals surface area contributed by atoms with Crippen LogP contribution < -0.4 is 10.0 Å². The van der Waals surface area contributed by atoms with Gasteiger partial charge in [0.25, 0.3) is 0 Å². The zero-order valence-electron chi connectivity index (χ0n) is 19.7. The van der Waals surface area contributed by atoms with Crippen LogP contribution in [0.15, 0.2) is 78.1 Å². The summed E-state index contributed by atoms with van der Waals surface area (Å²) >= 11 is 1.53. The number of aliphatic hydroxyl groups is 1. The van der Waals surface area contributed by atoms with Crippen molar-refractivity contribution in [2.75, 3.05) is 11.3 Å². The lowest BCUT2D eigenvalue weighted by Crippen LogP contribution is -2.42. The van der Waals surface area contributed by atoms with Crippen molar-refractivity contribution in [2.45, 2.75) is 43.4 Å². The number of aryl methyl sites for hydroxylation is 1. The van der Waals surface area contributed by atoms with Crippen LogP contribution in [0, 0.1) is 0 Å².